The van der Waals surface area contributed by atoms with Gasteiger partial charge < -0.3 is 25.5 Å². The Labute approximate surface area is 157 Å². The van der Waals surface area contributed by atoms with Gasteiger partial charge in [0.15, 0.2) is 0 Å². The third-order valence-corrected chi connectivity index (χ3v) is 4.45. The van der Waals surface area contributed by atoms with Gasteiger partial charge in [-0.3, -0.25) is 9.59 Å². The van der Waals surface area contributed by atoms with E-state index >= 15 is 0 Å². The van der Waals surface area contributed by atoms with Crippen LogP contribution in [0.25, 0.3) is 22.2 Å². The van der Waals surface area contributed by atoms with E-state index in [1.54, 1.807) is 0 Å². The lowest BCUT2D eigenvalue weighted by molar-refractivity contribution is 0.0995. The van der Waals surface area contributed by atoms with E-state index < -0.39 is 5.91 Å². The van der Waals surface area contributed by atoms with Crippen LogP contribution in [0.15, 0.2) is 35.1 Å². The summed E-state index contributed by atoms with van der Waals surface area (Å²) >= 11 is 0. The van der Waals surface area contributed by atoms with Crippen LogP contribution in [-0.2, 0) is 6.54 Å². The number of benzene rings is 1. The fourth-order valence-corrected chi connectivity index (χ4v) is 2.95. The Bertz CT molecular complexity index is 1020. The van der Waals surface area contributed by atoms with Gasteiger partial charge in [-0.15, -0.1) is 0 Å². The molecule has 3 rings (SSSR count). The number of pyridine rings is 1. The number of carbonyl (C=O) groups excluding carboxylic acids is 1. The van der Waals surface area contributed by atoms with E-state index in [1.807, 2.05) is 12.1 Å². The zero-order valence-electron chi connectivity index (χ0n) is 15.8. The lowest BCUT2D eigenvalue weighted by atomic mass is 10.1. The summed E-state index contributed by atoms with van der Waals surface area (Å²) < 4.78 is 0. The van der Waals surface area contributed by atoms with Crippen molar-refractivity contribution in [3.05, 3.63) is 58.0 Å². The van der Waals surface area contributed by atoms with Gasteiger partial charge in [-0.05, 0) is 51.0 Å². The molecule has 2 aromatic heterocycles. The molecule has 4 N–H and O–H groups in total. The highest BCUT2D eigenvalue weighted by molar-refractivity contribution is 5.91. The number of nitrogens with two attached hydrogens (primary N) is 1. The molecule has 141 valence electrons. The maximum Gasteiger partial charge on any atom is 0.265 e. The number of rotatable bonds is 7. The highest BCUT2D eigenvalue weighted by Gasteiger charge is 2.11. The first-order chi connectivity index (χ1) is 12.8. The maximum absolute atomic E-state index is 12.2. The molecule has 1 aromatic carbocycles. The van der Waals surface area contributed by atoms with Crippen LogP contribution in [0.4, 0.5) is 0 Å². The van der Waals surface area contributed by atoms with E-state index in [0.29, 0.717) is 11.3 Å². The van der Waals surface area contributed by atoms with Crippen molar-refractivity contribution in [3.63, 3.8) is 0 Å². The second-order valence-corrected chi connectivity index (χ2v) is 7.04. The molecule has 0 spiro atoms. The smallest absolute Gasteiger partial charge is 0.265 e. The second-order valence-electron chi connectivity index (χ2n) is 7.04. The number of amides is 1. The van der Waals surface area contributed by atoms with Gasteiger partial charge in [-0.2, -0.15) is 0 Å². The summed E-state index contributed by atoms with van der Waals surface area (Å²) in [5.41, 5.74) is 8.02. The van der Waals surface area contributed by atoms with Gasteiger partial charge in [-0.25, -0.2) is 0 Å². The van der Waals surface area contributed by atoms with Gasteiger partial charge in [-0.1, -0.05) is 6.07 Å². The molecule has 0 unspecified atom stereocenters. The molecule has 0 saturated carbocycles. The number of fused-ring (bicyclic) bond motifs is 1. The molecule has 7 nitrogen and oxygen atoms in total. The van der Waals surface area contributed by atoms with E-state index in [0.717, 1.165) is 30.5 Å². The molecule has 0 atom stereocenters. The van der Waals surface area contributed by atoms with E-state index in [9.17, 15) is 9.59 Å². The van der Waals surface area contributed by atoms with Gasteiger partial charge in [0, 0.05) is 36.6 Å². The van der Waals surface area contributed by atoms with Gasteiger partial charge in [0.25, 0.3) is 11.5 Å². The average Bonchev–Trinajstić information content (AvgIpc) is 3.02. The Balaban J connectivity index is 1.84. The van der Waals surface area contributed by atoms with Crippen molar-refractivity contribution in [1.82, 2.24) is 19.8 Å². The topological polar surface area (TPSA) is 98.2 Å². The molecule has 0 fully saturated rings. The van der Waals surface area contributed by atoms with Crippen molar-refractivity contribution in [2.75, 3.05) is 34.2 Å². The SMILES string of the molecule is CN(C)CCN(C)Cc1ccc2[nH]c(-c3c[c]c(C(N)=O)[nH]c3=O)cc2c1. The zero-order chi connectivity index (χ0) is 19.6. The Morgan fingerprint density at radius 1 is 1.15 bits per heavy atom. The van der Waals surface area contributed by atoms with E-state index in [1.165, 1.54) is 11.6 Å². The number of hydrogen-bond donors (Lipinski definition) is 3. The standard InChI is InChI=1S/C20H24N5O2/c1-24(2)8-9-25(3)12-13-4-6-16-14(10-13)11-18(22-16)15-5-7-17(19(21)26)23-20(15)27/h4-6,10-11,22H,8-9,12H2,1-3H3,(H2,21,26)(H,23,27). The number of hydrogen-bond acceptors (Lipinski definition) is 4. The Morgan fingerprint density at radius 2 is 1.93 bits per heavy atom. The minimum absolute atomic E-state index is 0.0251. The quantitative estimate of drug-likeness (QED) is 0.589. The minimum Gasteiger partial charge on any atom is -0.364 e. The number of nitrogens with one attached hydrogen (secondary N) is 2. The number of primary amides is 1. The third kappa shape index (κ3) is 4.45. The maximum atomic E-state index is 12.2. The van der Waals surface area contributed by atoms with E-state index in [2.05, 4.69) is 59.1 Å². The average molecular weight is 366 g/mol. The Hall–Kier alpha value is -2.90. The second kappa shape index (κ2) is 7.77. The van der Waals surface area contributed by atoms with Crippen LogP contribution < -0.4 is 11.3 Å². The predicted octanol–water partition coefficient (Wildman–Crippen LogP) is 1.42. The number of carbonyl (C=O) groups is 1. The molecule has 7 heteroatoms. The fourth-order valence-electron chi connectivity index (χ4n) is 2.95. The first kappa shape index (κ1) is 18.9. The molecule has 0 aliphatic rings. The fraction of sp³-hybridized carbons (Fsp3) is 0.300. The number of aromatic nitrogens is 2. The Kier molecular flexibility index (Phi) is 5.43. The van der Waals surface area contributed by atoms with Crippen LogP contribution in [0, 0.1) is 6.07 Å². The van der Waals surface area contributed by atoms with Crippen molar-refractivity contribution in [2.24, 2.45) is 5.73 Å². The summed E-state index contributed by atoms with van der Waals surface area (Å²) in [4.78, 5) is 33.6. The highest BCUT2D eigenvalue weighted by Crippen LogP contribution is 2.23. The van der Waals surface area contributed by atoms with Crippen LogP contribution >= 0.6 is 0 Å². The summed E-state index contributed by atoms with van der Waals surface area (Å²) in [6.45, 7) is 2.85. The van der Waals surface area contributed by atoms with Gasteiger partial charge in [0.1, 0.15) is 5.69 Å². The lowest BCUT2D eigenvalue weighted by Gasteiger charge is -2.19. The molecule has 0 bridgehead atoms. The molecular formula is C20H24N5O2. The van der Waals surface area contributed by atoms with Crippen molar-refractivity contribution >= 4 is 16.8 Å². The minimum atomic E-state index is -0.710. The van der Waals surface area contributed by atoms with E-state index in [4.69, 9.17) is 5.73 Å². The third-order valence-electron chi connectivity index (χ3n) is 4.45. The predicted molar refractivity (Wildman–Crippen MR) is 107 cm³/mol. The van der Waals surface area contributed by atoms with Crippen LogP contribution in [0.5, 0.6) is 0 Å². The summed E-state index contributed by atoms with van der Waals surface area (Å²) in [5, 5.41) is 1.03. The van der Waals surface area contributed by atoms with Crippen LogP contribution in [0.2, 0.25) is 0 Å². The van der Waals surface area contributed by atoms with Crippen molar-refractivity contribution in [3.8, 4) is 11.3 Å². The number of nitrogens with zero attached hydrogens (tertiary/aromatic N) is 2. The summed E-state index contributed by atoms with van der Waals surface area (Å²) in [6, 6.07) is 12.4. The molecule has 2 heterocycles. The van der Waals surface area contributed by atoms with E-state index in [-0.39, 0.29) is 11.3 Å². The van der Waals surface area contributed by atoms with Crippen molar-refractivity contribution in [2.45, 2.75) is 6.54 Å². The molecule has 1 radical (unpaired) electrons. The largest absolute Gasteiger partial charge is 0.364 e. The monoisotopic (exact) mass is 366 g/mol. The zero-order valence-corrected chi connectivity index (χ0v) is 15.8. The lowest BCUT2D eigenvalue weighted by Crippen LogP contribution is -2.28. The number of likely N-dealkylation sites (N-methyl/N-ethyl adjacent to an activating group) is 2. The number of aromatic amines is 2. The van der Waals surface area contributed by atoms with Crippen molar-refractivity contribution < 1.29 is 4.79 Å². The molecule has 3 aromatic rings. The summed E-state index contributed by atoms with van der Waals surface area (Å²) in [6.07, 6.45) is 0. The van der Waals surface area contributed by atoms with Crippen LogP contribution in [0.3, 0.4) is 0 Å². The van der Waals surface area contributed by atoms with Gasteiger partial charge >= 0.3 is 0 Å². The van der Waals surface area contributed by atoms with Gasteiger partial charge in [0.2, 0.25) is 0 Å². The van der Waals surface area contributed by atoms with Gasteiger partial charge in [0.05, 0.1) is 11.3 Å². The molecule has 0 aliphatic heterocycles. The van der Waals surface area contributed by atoms with Crippen molar-refractivity contribution in [1.29, 1.82) is 0 Å². The molecule has 0 saturated heterocycles. The molecule has 1 amide bonds. The van der Waals surface area contributed by atoms with Crippen LogP contribution in [0.1, 0.15) is 16.1 Å². The summed E-state index contributed by atoms with van der Waals surface area (Å²) in [7, 11) is 6.23. The highest BCUT2D eigenvalue weighted by atomic mass is 16.1. The first-order valence-corrected chi connectivity index (χ1v) is 8.73. The number of H-pyrrole nitrogens is 2. The first-order valence-electron chi connectivity index (χ1n) is 8.73. The molecule has 0 aliphatic carbocycles. The Morgan fingerprint density at radius 3 is 2.59 bits per heavy atom. The normalized spacial score (nSPS) is 11.6. The van der Waals surface area contributed by atoms with Crippen LogP contribution in [-0.4, -0.2) is 59.9 Å². The molecule has 27 heavy (non-hydrogen) atoms. The molecular weight excluding hydrogens is 342 g/mol. The summed E-state index contributed by atoms with van der Waals surface area (Å²) in [5.74, 6) is -0.710.